The quantitative estimate of drug-likeness (QED) is 0.627. The lowest BCUT2D eigenvalue weighted by Crippen LogP contribution is -2.39. The lowest BCUT2D eigenvalue weighted by molar-refractivity contribution is -0.384. The van der Waals surface area contributed by atoms with Gasteiger partial charge in [0.15, 0.2) is 0 Å². The van der Waals surface area contributed by atoms with Crippen molar-refractivity contribution in [2.45, 2.75) is 32.4 Å². The second-order valence-electron chi connectivity index (χ2n) is 4.44. The monoisotopic (exact) mass is 242 g/mol. The van der Waals surface area contributed by atoms with E-state index in [1.54, 1.807) is 20.8 Å². The number of halogens is 1. The van der Waals surface area contributed by atoms with E-state index < -0.39 is 22.4 Å². The fraction of sp³-hybridized carbons (Fsp3) is 0.455. The summed E-state index contributed by atoms with van der Waals surface area (Å²) in [6.45, 7) is 4.85. The number of rotatable bonds is 4. The van der Waals surface area contributed by atoms with Crippen LogP contribution in [0.1, 0.15) is 20.8 Å². The van der Waals surface area contributed by atoms with Crippen molar-refractivity contribution in [3.8, 4) is 0 Å². The third kappa shape index (κ3) is 3.39. The first-order chi connectivity index (χ1) is 7.71. The number of aliphatic hydroxyl groups is 1. The van der Waals surface area contributed by atoms with Crippen LogP contribution in [-0.4, -0.2) is 21.7 Å². The molecule has 2 N–H and O–H groups in total. The van der Waals surface area contributed by atoms with E-state index in [-0.39, 0.29) is 11.4 Å². The molecule has 1 aromatic carbocycles. The zero-order chi connectivity index (χ0) is 13.2. The van der Waals surface area contributed by atoms with Gasteiger partial charge in [-0.05, 0) is 32.9 Å². The molecule has 0 aliphatic rings. The van der Waals surface area contributed by atoms with Gasteiger partial charge < -0.3 is 10.4 Å². The number of benzene rings is 1. The lowest BCUT2D eigenvalue weighted by Gasteiger charge is -2.27. The summed E-state index contributed by atoms with van der Waals surface area (Å²) < 4.78 is 12.9. The Morgan fingerprint density at radius 2 is 2.12 bits per heavy atom. The van der Waals surface area contributed by atoms with Gasteiger partial charge in [0.1, 0.15) is 11.5 Å². The van der Waals surface area contributed by atoms with Crippen LogP contribution in [0.4, 0.5) is 15.8 Å². The van der Waals surface area contributed by atoms with E-state index in [2.05, 4.69) is 5.32 Å². The van der Waals surface area contributed by atoms with Gasteiger partial charge in [0, 0.05) is 0 Å². The lowest BCUT2D eigenvalue weighted by atomic mass is 10.0. The fourth-order valence-electron chi connectivity index (χ4n) is 1.19. The summed E-state index contributed by atoms with van der Waals surface area (Å²) in [7, 11) is 0. The predicted octanol–water partition coefficient (Wildman–Crippen LogP) is 2.31. The molecular formula is C11H15FN2O3. The Morgan fingerprint density at radius 3 is 2.59 bits per heavy atom. The van der Waals surface area contributed by atoms with Crippen LogP contribution in [0.2, 0.25) is 0 Å². The van der Waals surface area contributed by atoms with Gasteiger partial charge in [0.2, 0.25) is 0 Å². The van der Waals surface area contributed by atoms with Crippen molar-refractivity contribution in [3.63, 3.8) is 0 Å². The Hall–Kier alpha value is -1.69. The minimum atomic E-state index is -1.04. The molecule has 94 valence electrons. The van der Waals surface area contributed by atoms with Gasteiger partial charge in [-0.1, -0.05) is 0 Å². The molecule has 6 heteroatoms. The van der Waals surface area contributed by atoms with Crippen LogP contribution >= 0.6 is 0 Å². The van der Waals surface area contributed by atoms with Gasteiger partial charge in [-0.3, -0.25) is 10.1 Å². The molecule has 0 radical (unpaired) electrons. The SMILES string of the molecule is CC(Nc1ccc(F)cc1[N+](=O)[O-])C(C)(C)O. The van der Waals surface area contributed by atoms with E-state index in [0.717, 1.165) is 12.1 Å². The summed E-state index contributed by atoms with van der Waals surface area (Å²) >= 11 is 0. The molecule has 0 aliphatic heterocycles. The number of hydrogen-bond acceptors (Lipinski definition) is 4. The van der Waals surface area contributed by atoms with E-state index in [1.165, 1.54) is 6.07 Å². The molecule has 5 nitrogen and oxygen atoms in total. The molecule has 0 fully saturated rings. The number of nitro groups is 1. The van der Waals surface area contributed by atoms with Crippen molar-refractivity contribution in [3.05, 3.63) is 34.1 Å². The van der Waals surface area contributed by atoms with Crippen molar-refractivity contribution in [1.29, 1.82) is 0 Å². The Labute approximate surface area is 98.4 Å². The Kier molecular flexibility index (Phi) is 3.67. The molecule has 0 bridgehead atoms. The molecule has 1 atom stereocenters. The second-order valence-corrected chi connectivity index (χ2v) is 4.44. The first-order valence-corrected chi connectivity index (χ1v) is 5.14. The zero-order valence-electron chi connectivity index (χ0n) is 9.90. The van der Waals surface area contributed by atoms with E-state index >= 15 is 0 Å². The highest BCUT2D eigenvalue weighted by Crippen LogP contribution is 2.27. The standard InChI is InChI=1S/C11H15FN2O3/c1-7(11(2,3)15)13-9-5-4-8(12)6-10(9)14(16)17/h4-7,13,15H,1-3H3. The maximum atomic E-state index is 12.9. The Balaban J connectivity index is 3.03. The van der Waals surface area contributed by atoms with Crippen molar-refractivity contribution in [1.82, 2.24) is 0 Å². The van der Waals surface area contributed by atoms with Crippen molar-refractivity contribution in [2.75, 3.05) is 5.32 Å². The molecule has 1 aromatic rings. The van der Waals surface area contributed by atoms with E-state index in [9.17, 15) is 19.6 Å². The van der Waals surface area contributed by atoms with Gasteiger partial charge in [-0.25, -0.2) is 4.39 Å². The molecule has 0 amide bonds. The number of nitro benzene ring substituents is 1. The van der Waals surface area contributed by atoms with Gasteiger partial charge in [0.25, 0.3) is 5.69 Å². The van der Waals surface area contributed by atoms with E-state index in [0.29, 0.717) is 0 Å². The highest BCUT2D eigenvalue weighted by Gasteiger charge is 2.25. The fourth-order valence-corrected chi connectivity index (χ4v) is 1.19. The molecule has 1 unspecified atom stereocenters. The van der Waals surface area contributed by atoms with Gasteiger partial charge >= 0.3 is 0 Å². The molecule has 0 saturated heterocycles. The molecule has 0 aliphatic carbocycles. The van der Waals surface area contributed by atoms with Crippen LogP contribution in [-0.2, 0) is 0 Å². The minimum Gasteiger partial charge on any atom is -0.388 e. The second kappa shape index (κ2) is 4.67. The summed E-state index contributed by atoms with van der Waals surface area (Å²) in [5.41, 5.74) is -1.20. The Bertz CT molecular complexity index is 429. The number of hydrogen-bond donors (Lipinski definition) is 2. The minimum absolute atomic E-state index is 0.186. The molecule has 0 spiro atoms. The zero-order valence-corrected chi connectivity index (χ0v) is 9.90. The summed E-state index contributed by atoms with van der Waals surface area (Å²) in [6.07, 6.45) is 0. The number of nitrogens with one attached hydrogen (secondary N) is 1. The average Bonchev–Trinajstić information content (AvgIpc) is 2.18. The molecule has 1 rings (SSSR count). The normalized spacial score (nSPS) is 13.2. The molecule has 0 saturated carbocycles. The van der Waals surface area contributed by atoms with Crippen molar-refractivity contribution < 1.29 is 14.4 Å². The highest BCUT2D eigenvalue weighted by molar-refractivity contribution is 5.62. The maximum Gasteiger partial charge on any atom is 0.295 e. The van der Waals surface area contributed by atoms with Crippen LogP contribution in [0.15, 0.2) is 18.2 Å². The van der Waals surface area contributed by atoms with E-state index in [4.69, 9.17) is 0 Å². The predicted molar refractivity (Wildman–Crippen MR) is 62.4 cm³/mol. The molecule has 0 heterocycles. The maximum absolute atomic E-state index is 12.9. The average molecular weight is 242 g/mol. The van der Waals surface area contributed by atoms with Gasteiger partial charge in [0.05, 0.1) is 22.6 Å². The van der Waals surface area contributed by atoms with E-state index in [1.807, 2.05) is 0 Å². The Morgan fingerprint density at radius 1 is 1.53 bits per heavy atom. The third-order valence-electron chi connectivity index (χ3n) is 2.59. The first kappa shape index (κ1) is 13.4. The molecule has 0 aromatic heterocycles. The topological polar surface area (TPSA) is 75.4 Å². The van der Waals surface area contributed by atoms with Crippen LogP contribution in [0.3, 0.4) is 0 Å². The van der Waals surface area contributed by atoms with Crippen LogP contribution in [0, 0.1) is 15.9 Å². The van der Waals surface area contributed by atoms with Crippen LogP contribution < -0.4 is 5.32 Å². The smallest absolute Gasteiger partial charge is 0.295 e. The number of anilines is 1. The van der Waals surface area contributed by atoms with Gasteiger partial charge in [-0.2, -0.15) is 0 Å². The summed E-state index contributed by atoms with van der Waals surface area (Å²) in [5.74, 6) is -0.668. The summed E-state index contributed by atoms with van der Waals surface area (Å²) in [4.78, 5) is 10.1. The highest BCUT2D eigenvalue weighted by atomic mass is 19.1. The van der Waals surface area contributed by atoms with Crippen molar-refractivity contribution >= 4 is 11.4 Å². The third-order valence-corrected chi connectivity index (χ3v) is 2.59. The summed E-state index contributed by atoms with van der Waals surface area (Å²) in [6, 6.07) is 2.85. The van der Waals surface area contributed by atoms with Crippen LogP contribution in [0.5, 0.6) is 0 Å². The first-order valence-electron chi connectivity index (χ1n) is 5.14. The molecular weight excluding hydrogens is 227 g/mol. The summed E-state index contributed by atoms with van der Waals surface area (Å²) in [5, 5.41) is 23.3. The van der Waals surface area contributed by atoms with Crippen molar-refractivity contribution in [2.24, 2.45) is 0 Å². The molecule has 17 heavy (non-hydrogen) atoms. The largest absolute Gasteiger partial charge is 0.388 e. The van der Waals surface area contributed by atoms with Crippen LogP contribution in [0.25, 0.3) is 0 Å². The van der Waals surface area contributed by atoms with Gasteiger partial charge in [-0.15, -0.1) is 0 Å². The number of nitrogens with zero attached hydrogens (tertiary/aromatic N) is 1.